The zero-order valence-corrected chi connectivity index (χ0v) is 11.2. The van der Waals surface area contributed by atoms with Crippen molar-refractivity contribution in [2.24, 2.45) is 0 Å². The van der Waals surface area contributed by atoms with Crippen LogP contribution in [0.2, 0.25) is 0 Å². The molecule has 2 aromatic heterocycles. The predicted molar refractivity (Wildman–Crippen MR) is 70.3 cm³/mol. The number of hydrogen-bond acceptors (Lipinski definition) is 7. The van der Waals surface area contributed by atoms with Crippen LogP contribution in [0.3, 0.4) is 0 Å². The Morgan fingerprint density at radius 2 is 2.35 bits per heavy atom. The van der Waals surface area contributed by atoms with E-state index in [4.69, 9.17) is 13.9 Å². The fourth-order valence-electron chi connectivity index (χ4n) is 2.04. The van der Waals surface area contributed by atoms with Crippen molar-refractivity contribution in [1.29, 1.82) is 0 Å². The summed E-state index contributed by atoms with van der Waals surface area (Å²) in [4.78, 5) is 4.29. The van der Waals surface area contributed by atoms with E-state index < -0.39 is 0 Å². The molecule has 0 amide bonds. The number of rotatable bonds is 5. The summed E-state index contributed by atoms with van der Waals surface area (Å²) >= 11 is 0. The summed E-state index contributed by atoms with van der Waals surface area (Å²) < 4.78 is 16.1. The zero-order chi connectivity index (χ0) is 13.8. The lowest BCUT2D eigenvalue weighted by Crippen LogP contribution is -2.02. The largest absolute Gasteiger partial charge is 0.481 e. The van der Waals surface area contributed by atoms with Crippen LogP contribution in [0.25, 0.3) is 0 Å². The number of ether oxygens (including phenoxy) is 2. The molecule has 7 heteroatoms. The molecule has 0 spiro atoms. The summed E-state index contributed by atoms with van der Waals surface area (Å²) in [7, 11) is 1.59. The molecule has 0 radical (unpaired) electrons. The zero-order valence-electron chi connectivity index (χ0n) is 11.2. The molecule has 1 atom stereocenters. The van der Waals surface area contributed by atoms with Gasteiger partial charge in [-0.05, 0) is 18.9 Å². The Bertz CT molecular complexity index is 566. The number of anilines is 1. The van der Waals surface area contributed by atoms with Crippen LogP contribution in [0, 0.1) is 0 Å². The lowest BCUT2D eigenvalue weighted by atomic mass is 10.2. The maximum Gasteiger partial charge on any atom is 0.315 e. The average molecular weight is 276 g/mol. The fraction of sp³-hybridized carbons (Fsp3) is 0.462. The molecule has 7 nitrogen and oxygen atoms in total. The molecule has 3 rings (SSSR count). The SMILES string of the molecule is COc1cccc(CNc2nnc([C@H]3CCCO3)o2)n1. The summed E-state index contributed by atoms with van der Waals surface area (Å²) in [6, 6.07) is 5.95. The quantitative estimate of drug-likeness (QED) is 0.893. The first-order valence-corrected chi connectivity index (χ1v) is 6.54. The van der Waals surface area contributed by atoms with Crippen molar-refractivity contribution < 1.29 is 13.9 Å². The highest BCUT2D eigenvalue weighted by Gasteiger charge is 2.23. The molecule has 0 aliphatic carbocycles. The topological polar surface area (TPSA) is 82.3 Å². The minimum Gasteiger partial charge on any atom is -0.481 e. The molecule has 2 aromatic rings. The van der Waals surface area contributed by atoms with E-state index in [0.29, 0.717) is 24.3 Å². The molecule has 1 aliphatic heterocycles. The van der Waals surface area contributed by atoms with Crippen LogP contribution in [0.15, 0.2) is 22.6 Å². The summed E-state index contributed by atoms with van der Waals surface area (Å²) in [6.45, 7) is 1.24. The lowest BCUT2D eigenvalue weighted by Gasteiger charge is -2.04. The van der Waals surface area contributed by atoms with Crippen molar-refractivity contribution >= 4 is 6.01 Å². The molecule has 0 unspecified atom stereocenters. The van der Waals surface area contributed by atoms with Gasteiger partial charge in [0.25, 0.3) is 0 Å². The van der Waals surface area contributed by atoms with E-state index in [1.54, 1.807) is 13.2 Å². The van der Waals surface area contributed by atoms with Crippen LogP contribution in [0.1, 0.15) is 30.5 Å². The Balaban J connectivity index is 1.60. The van der Waals surface area contributed by atoms with Crippen LogP contribution in [0.5, 0.6) is 5.88 Å². The second-order valence-corrected chi connectivity index (χ2v) is 4.47. The maximum absolute atomic E-state index is 5.53. The van der Waals surface area contributed by atoms with Crippen LogP contribution in [0.4, 0.5) is 6.01 Å². The first-order chi connectivity index (χ1) is 9.85. The number of aromatic nitrogens is 3. The van der Waals surface area contributed by atoms with Gasteiger partial charge in [0, 0.05) is 12.7 Å². The Kier molecular flexibility index (Phi) is 3.78. The highest BCUT2D eigenvalue weighted by Crippen LogP contribution is 2.28. The third-order valence-corrected chi connectivity index (χ3v) is 3.06. The van der Waals surface area contributed by atoms with Gasteiger partial charge in [-0.2, -0.15) is 0 Å². The smallest absolute Gasteiger partial charge is 0.315 e. The van der Waals surface area contributed by atoms with Crippen LogP contribution >= 0.6 is 0 Å². The van der Waals surface area contributed by atoms with E-state index in [-0.39, 0.29) is 6.10 Å². The summed E-state index contributed by atoms with van der Waals surface area (Å²) in [5.41, 5.74) is 0.834. The third-order valence-electron chi connectivity index (χ3n) is 3.06. The van der Waals surface area contributed by atoms with Crippen LogP contribution in [-0.4, -0.2) is 28.9 Å². The molecule has 3 heterocycles. The number of nitrogens with zero attached hydrogens (tertiary/aromatic N) is 3. The summed E-state index contributed by atoms with van der Waals surface area (Å²) in [5.74, 6) is 1.11. The molecule has 0 saturated carbocycles. The number of nitrogens with one attached hydrogen (secondary N) is 1. The Morgan fingerprint density at radius 1 is 1.40 bits per heavy atom. The van der Waals surface area contributed by atoms with Gasteiger partial charge in [0.15, 0.2) is 0 Å². The summed E-state index contributed by atoms with van der Waals surface area (Å²) in [6.07, 6.45) is 1.90. The highest BCUT2D eigenvalue weighted by atomic mass is 16.5. The van der Waals surface area contributed by atoms with Crippen LogP contribution < -0.4 is 10.1 Å². The standard InChI is InChI=1S/C13H16N4O3/c1-18-11-6-2-4-9(15-11)8-14-13-17-16-12(20-13)10-5-3-7-19-10/h2,4,6,10H,3,5,7-8H2,1H3,(H,14,17)/t10-/m1/s1. The van der Waals surface area contributed by atoms with Gasteiger partial charge in [-0.3, -0.25) is 0 Å². The van der Waals surface area contributed by atoms with Crippen molar-refractivity contribution in [3.8, 4) is 5.88 Å². The minimum atomic E-state index is -0.0620. The normalized spacial score (nSPS) is 18.1. The molecule has 0 bridgehead atoms. The van der Waals surface area contributed by atoms with Crippen molar-refractivity contribution in [2.45, 2.75) is 25.5 Å². The monoisotopic (exact) mass is 276 g/mol. The number of methoxy groups -OCH3 is 1. The molecular formula is C13H16N4O3. The number of pyridine rings is 1. The third kappa shape index (κ3) is 2.88. The van der Waals surface area contributed by atoms with Gasteiger partial charge in [-0.25, -0.2) is 4.98 Å². The first kappa shape index (κ1) is 12.9. The average Bonchev–Trinajstić information content (AvgIpc) is 3.16. The van der Waals surface area contributed by atoms with Gasteiger partial charge in [0.2, 0.25) is 11.8 Å². The van der Waals surface area contributed by atoms with E-state index in [1.165, 1.54) is 0 Å². The molecule has 1 saturated heterocycles. The van der Waals surface area contributed by atoms with Gasteiger partial charge in [-0.15, -0.1) is 5.10 Å². The van der Waals surface area contributed by atoms with E-state index >= 15 is 0 Å². The first-order valence-electron chi connectivity index (χ1n) is 6.54. The highest BCUT2D eigenvalue weighted by molar-refractivity contribution is 5.22. The number of hydrogen-bond donors (Lipinski definition) is 1. The molecule has 1 aliphatic rings. The van der Waals surface area contributed by atoms with Gasteiger partial charge < -0.3 is 19.2 Å². The van der Waals surface area contributed by atoms with E-state index in [2.05, 4.69) is 20.5 Å². The molecule has 1 fully saturated rings. The van der Waals surface area contributed by atoms with Crippen molar-refractivity contribution in [1.82, 2.24) is 15.2 Å². The molecule has 106 valence electrons. The minimum absolute atomic E-state index is 0.0620. The van der Waals surface area contributed by atoms with Gasteiger partial charge in [-0.1, -0.05) is 11.2 Å². The second kappa shape index (κ2) is 5.87. The van der Waals surface area contributed by atoms with E-state index in [1.807, 2.05) is 12.1 Å². The van der Waals surface area contributed by atoms with E-state index in [9.17, 15) is 0 Å². The Morgan fingerprint density at radius 3 is 3.15 bits per heavy atom. The van der Waals surface area contributed by atoms with Crippen molar-refractivity contribution in [3.05, 3.63) is 29.8 Å². The van der Waals surface area contributed by atoms with Gasteiger partial charge in [0.1, 0.15) is 6.10 Å². The van der Waals surface area contributed by atoms with Gasteiger partial charge in [0.05, 0.1) is 19.3 Å². The van der Waals surface area contributed by atoms with Crippen molar-refractivity contribution in [2.75, 3.05) is 19.0 Å². The molecule has 1 N–H and O–H groups in total. The second-order valence-electron chi connectivity index (χ2n) is 4.47. The fourth-order valence-corrected chi connectivity index (χ4v) is 2.04. The Labute approximate surface area is 116 Å². The van der Waals surface area contributed by atoms with E-state index in [0.717, 1.165) is 25.1 Å². The predicted octanol–water partition coefficient (Wildman–Crippen LogP) is 1.94. The van der Waals surface area contributed by atoms with Crippen LogP contribution in [-0.2, 0) is 11.3 Å². The molecule has 20 heavy (non-hydrogen) atoms. The lowest BCUT2D eigenvalue weighted by molar-refractivity contribution is 0.0897. The molecule has 0 aromatic carbocycles. The van der Waals surface area contributed by atoms with Gasteiger partial charge >= 0.3 is 6.01 Å². The maximum atomic E-state index is 5.53. The Hall–Kier alpha value is -2.15. The summed E-state index contributed by atoms with van der Waals surface area (Å²) in [5, 5.41) is 11.0. The van der Waals surface area contributed by atoms with Crippen molar-refractivity contribution in [3.63, 3.8) is 0 Å². The molecular weight excluding hydrogens is 260 g/mol.